The molecule has 0 aliphatic rings. The van der Waals surface area contributed by atoms with E-state index in [2.05, 4.69) is 15.6 Å². The van der Waals surface area contributed by atoms with E-state index >= 15 is 0 Å². The van der Waals surface area contributed by atoms with E-state index in [0.717, 1.165) is 22.5 Å². The Balaban J connectivity index is 1.53. The summed E-state index contributed by atoms with van der Waals surface area (Å²) >= 11 is 0. The maximum Gasteiger partial charge on any atom is 0.315 e. The molecule has 2 heterocycles. The van der Waals surface area contributed by atoms with Crippen molar-refractivity contribution in [2.45, 2.75) is 20.0 Å². The lowest BCUT2D eigenvalue weighted by Crippen LogP contribution is -2.34. The summed E-state index contributed by atoms with van der Waals surface area (Å²) in [5.41, 5.74) is 3.74. The van der Waals surface area contributed by atoms with Crippen LogP contribution in [0.15, 0.2) is 42.7 Å². The third-order valence-corrected chi connectivity index (χ3v) is 4.00. The van der Waals surface area contributed by atoms with Crippen LogP contribution in [0.5, 0.6) is 11.5 Å². The van der Waals surface area contributed by atoms with Crippen molar-refractivity contribution in [3.8, 4) is 11.5 Å². The highest BCUT2D eigenvalue weighted by Gasteiger charge is 2.07. The minimum Gasteiger partial charge on any atom is -0.493 e. The van der Waals surface area contributed by atoms with Gasteiger partial charge in [0.15, 0.2) is 11.5 Å². The standard InChI is InChI=1S/C19H22N4O3/c1-13-6-7-23-12-15(22-18(23)8-13)11-21-19(24)20-10-14-4-5-16(25-2)17(9-14)26-3/h4-9,12H,10-11H2,1-3H3,(H2,20,21,24). The van der Waals surface area contributed by atoms with Gasteiger partial charge in [-0.1, -0.05) is 6.07 Å². The highest BCUT2D eigenvalue weighted by Crippen LogP contribution is 2.27. The van der Waals surface area contributed by atoms with Crippen molar-refractivity contribution in [3.63, 3.8) is 0 Å². The summed E-state index contributed by atoms with van der Waals surface area (Å²) in [7, 11) is 3.17. The summed E-state index contributed by atoms with van der Waals surface area (Å²) in [6, 6.07) is 9.29. The molecule has 0 atom stereocenters. The van der Waals surface area contributed by atoms with Crippen molar-refractivity contribution in [2.24, 2.45) is 0 Å². The van der Waals surface area contributed by atoms with Gasteiger partial charge in [-0.25, -0.2) is 9.78 Å². The van der Waals surface area contributed by atoms with Crippen LogP contribution in [0.25, 0.3) is 5.65 Å². The second-order valence-corrected chi connectivity index (χ2v) is 5.93. The highest BCUT2D eigenvalue weighted by atomic mass is 16.5. The number of aromatic nitrogens is 2. The SMILES string of the molecule is COc1ccc(CNC(=O)NCc2cn3ccc(C)cc3n2)cc1OC. The topological polar surface area (TPSA) is 76.9 Å². The van der Waals surface area contributed by atoms with Gasteiger partial charge in [0, 0.05) is 18.9 Å². The quantitative estimate of drug-likeness (QED) is 0.713. The lowest BCUT2D eigenvalue weighted by atomic mass is 10.2. The second-order valence-electron chi connectivity index (χ2n) is 5.93. The van der Waals surface area contributed by atoms with Crippen molar-refractivity contribution in [1.29, 1.82) is 0 Å². The Kier molecular flexibility index (Phi) is 5.26. The van der Waals surface area contributed by atoms with E-state index in [4.69, 9.17) is 9.47 Å². The van der Waals surface area contributed by atoms with Crippen molar-refractivity contribution in [1.82, 2.24) is 20.0 Å². The summed E-state index contributed by atoms with van der Waals surface area (Å²) in [5, 5.41) is 5.63. The van der Waals surface area contributed by atoms with Gasteiger partial charge in [-0.3, -0.25) is 0 Å². The van der Waals surface area contributed by atoms with E-state index in [-0.39, 0.29) is 6.03 Å². The van der Waals surface area contributed by atoms with Crippen LogP contribution in [0.2, 0.25) is 0 Å². The first kappa shape index (κ1) is 17.6. The molecule has 0 saturated carbocycles. The Morgan fingerprint density at radius 1 is 1.08 bits per heavy atom. The first-order valence-electron chi connectivity index (χ1n) is 8.26. The van der Waals surface area contributed by atoms with Gasteiger partial charge in [-0.2, -0.15) is 0 Å². The summed E-state index contributed by atoms with van der Waals surface area (Å²) in [5.74, 6) is 1.29. The van der Waals surface area contributed by atoms with Gasteiger partial charge in [0.1, 0.15) is 5.65 Å². The van der Waals surface area contributed by atoms with Crippen LogP contribution in [0.3, 0.4) is 0 Å². The average molecular weight is 354 g/mol. The minimum atomic E-state index is -0.256. The molecule has 0 fully saturated rings. The van der Waals surface area contributed by atoms with Crippen molar-refractivity contribution in [2.75, 3.05) is 14.2 Å². The summed E-state index contributed by atoms with van der Waals surface area (Å²) < 4.78 is 12.4. The van der Waals surface area contributed by atoms with E-state index in [1.165, 1.54) is 0 Å². The third kappa shape index (κ3) is 4.05. The number of methoxy groups -OCH3 is 2. The number of urea groups is 1. The van der Waals surface area contributed by atoms with Crippen LogP contribution in [0, 0.1) is 6.92 Å². The predicted molar refractivity (Wildman–Crippen MR) is 98.6 cm³/mol. The molecule has 0 spiro atoms. The van der Waals surface area contributed by atoms with Crippen LogP contribution in [-0.2, 0) is 13.1 Å². The zero-order valence-electron chi connectivity index (χ0n) is 15.1. The number of nitrogens with zero attached hydrogens (tertiary/aromatic N) is 2. The van der Waals surface area contributed by atoms with E-state index < -0.39 is 0 Å². The van der Waals surface area contributed by atoms with Crippen LogP contribution in [0.4, 0.5) is 4.79 Å². The molecule has 0 radical (unpaired) electrons. The molecule has 0 aliphatic heterocycles. The number of aryl methyl sites for hydroxylation is 1. The van der Waals surface area contributed by atoms with Crippen LogP contribution < -0.4 is 20.1 Å². The second kappa shape index (κ2) is 7.77. The number of hydrogen-bond donors (Lipinski definition) is 2. The first-order valence-corrected chi connectivity index (χ1v) is 8.26. The number of nitrogens with one attached hydrogen (secondary N) is 2. The molecule has 7 nitrogen and oxygen atoms in total. The molecular formula is C19H22N4O3. The number of ether oxygens (including phenoxy) is 2. The maximum atomic E-state index is 12.0. The van der Waals surface area contributed by atoms with Crippen LogP contribution >= 0.6 is 0 Å². The number of benzene rings is 1. The zero-order valence-corrected chi connectivity index (χ0v) is 15.1. The number of fused-ring (bicyclic) bond motifs is 1. The fourth-order valence-corrected chi connectivity index (χ4v) is 2.63. The van der Waals surface area contributed by atoms with Gasteiger partial charge in [-0.05, 0) is 42.3 Å². The molecule has 1 aromatic carbocycles. The molecule has 2 amide bonds. The lowest BCUT2D eigenvalue weighted by Gasteiger charge is -2.10. The Morgan fingerprint density at radius 2 is 1.85 bits per heavy atom. The molecule has 3 rings (SSSR count). The zero-order chi connectivity index (χ0) is 18.5. The number of hydrogen-bond acceptors (Lipinski definition) is 4. The molecule has 0 aliphatic carbocycles. The number of pyridine rings is 1. The Hall–Kier alpha value is -3.22. The Morgan fingerprint density at radius 3 is 2.62 bits per heavy atom. The fourth-order valence-electron chi connectivity index (χ4n) is 2.63. The largest absolute Gasteiger partial charge is 0.493 e. The van der Waals surface area contributed by atoms with Crippen molar-refractivity contribution >= 4 is 11.7 Å². The van der Waals surface area contributed by atoms with Gasteiger partial charge in [0.2, 0.25) is 0 Å². The van der Waals surface area contributed by atoms with Gasteiger partial charge in [0.25, 0.3) is 0 Å². The van der Waals surface area contributed by atoms with Crippen LogP contribution in [-0.4, -0.2) is 29.6 Å². The minimum absolute atomic E-state index is 0.256. The number of imidazole rings is 1. The summed E-state index contributed by atoms with van der Waals surface area (Å²) in [6.45, 7) is 2.77. The first-order chi connectivity index (χ1) is 12.6. The number of rotatable bonds is 6. The third-order valence-electron chi connectivity index (χ3n) is 4.00. The predicted octanol–water partition coefficient (Wildman–Crippen LogP) is 2.66. The van der Waals surface area contributed by atoms with Crippen molar-refractivity contribution < 1.29 is 14.3 Å². The monoisotopic (exact) mass is 354 g/mol. The lowest BCUT2D eigenvalue weighted by molar-refractivity contribution is 0.240. The normalized spacial score (nSPS) is 10.6. The number of amides is 2. The molecule has 3 aromatic rings. The van der Waals surface area contributed by atoms with Gasteiger partial charge >= 0.3 is 6.03 Å². The van der Waals surface area contributed by atoms with Crippen molar-refractivity contribution in [3.05, 3.63) is 59.5 Å². The Labute approximate surface area is 152 Å². The van der Waals surface area contributed by atoms with Crippen LogP contribution in [0.1, 0.15) is 16.8 Å². The van der Waals surface area contributed by atoms with Gasteiger partial charge in [-0.15, -0.1) is 0 Å². The maximum absolute atomic E-state index is 12.0. The van der Waals surface area contributed by atoms with E-state index in [0.29, 0.717) is 24.6 Å². The molecular weight excluding hydrogens is 332 g/mol. The average Bonchev–Trinajstić information content (AvgIpc) is 3.06. The molecule has 136 valence electrons. The molecule has 2 aromatic heterocycles. The van der Waals surface area contributed by atoms with E-state index in [9.17, 15) is 4.79 Å². The van der Waals surface area contributed by atoms with Gasteiger partial charge in [0.05, 0.1) is 26.5 Å². The number of carbonyl (C=O) groups excluding carboxylic acids is 1. The smallest absolute Gasteiger partial charge is 0.315 e. The van der Waals surface area contributed by atoms with E-state index in [1.807, 2.05) is 54.0 Å². The number of carbonyl (C=O) groups is 1. The summed E-state index contributed by atoms with van der Waals surface area (Å²) in [6.07, 6.45) is 3.86. The molecule has 0 unspecified atom stereocenters. The fraction of sp³-hybridized carbons (Fsp3) is 0.263. The summed E-state index contributed by atoms with van der Waals surface area (Å²) in [4.78, 5) is 16.5. The molecule has 2 N–H and O–H groups in total. The molecule has 7 heteroatoms. The Bertz CT molecular complexity index is 920. The van der Waals surface area contributed by atoms with E-state index in [1.54, 1.807) is 14.2 Å². The molecule has 26 heavy (non-hydrogen) atoms. The highest BCUT2D eigenvalue weighted by molar-refractivity contribution is 5.73. The molecule has 0 bridgehead atoms. The molecule has 0 saturated heterocycles. The van der Waals surface area contributed by atoms with Gasteiger partial charge < -0.3 is 24.5 Å².